The third-order valence-corrected chi connectivity index (χ3v) is 5.21. The second-order valence-corrected chi connectivity index (χ2v) is 12.2. The third-order valence-electron chi connectivity index (χ3n) is 3.46. The highest BCUT2D eigenvalue weighted by atomic mass is 28.3. The third kappa shape index (κ3) is 2.69. The molecule has 1 aliphatic rings. The molecule has 0 bridgehead atoms. The fraction of sp³-hybridized carbons (Fsp3) is 0.500. The zero-order valence-corrected chi connectivity index (χ0v) is 13.4. The molecule has 0 radical (unpaired) electrons. The van der Waals surface area contributed by atoms with Crippen molar-refractivity contribution in [2.75, 3.05) is 0 Å². The Kier molecular flexibility index (Phi) is 3.18. The predicted molar refractivity (Wildman–Crippen MR) is 81.8 cm³/mol. The van der Waals surface area contributed by atoms with Gasteiger partial charge in [0.05, 0.1) is 5.38 Å². The monoisotopic (exact) mass is 260 g/mol. The summed E-state index contributed by atoms with van der Waals surface area (Å²) in [6.07, 6.45) is 5.64. The van der Waals surface area contributed by atoms with Crippen LogP contribution in [0.4, 0.5) is 0 Å². The van der Waals surface area contributed by atoms with Crippen molar-refractivity contribution < 1.29 is 4.42 Å². The molecule has 0 N–H and O–H groups in total. The molecule has 98 valence electrons. The summed E-state index contributed by atoms with van der Waals surface area (Å²) in [4.78, 5) is 0. The van der Waals surface area contributed by atoms with E-state index in [1.165, 1.54) is 16.5 Å². The minimum Gasteiger partial charge on any atom is -0.466 e. The maximum absolute atomic E-state index is 6.04. The smallest absolute Gasteiger partial charge is 0.133 e. The Morgan fingerprint density at radius 1 is 1.11 bits per heavy atom. The molecule has 1 heterocycles. The molecule has 0 unspecified atom stereocenters. The standard InChI is InChI=1S/C16H24OSi/c1-16(2,3)13-8-7-12(11-13)14-9-10-15(17-14)18(4,5)6/h7,9-11H,8H2,1-6H3. The topological polar surface area (TPSA) is 13.1 Å². The first-order valence-electron chi connectivity index (χ1n) is 6.70. The fourth-order valence-electron chi connectivity index (χ4n) is 2.12. The quantitative estimate of drug-likeness (QED) is 0.709. The van der Waals surface area contributed by atoms with Crippen LogP contribution >= 0.6 is 0 Å². The summed E-state index contributed by atoms with van der Waals surface area (Å²) >= 11 is 0. The Hall–Kier alpha value is -1.02. The second-order valence-electron chi connectivity index (χ2n) is 7.20. The van der Waals surface area contributed by atoms with Gasteiger partial charge in [0.1, 0.15) is 13.8 Å². The van der Waals surface area contributed by atoms with E-state index in [4.69, 9.17) is 4.42 Å². The van der Waals surface area contributed by atoms with Crippen molar-refractivity contribution in [3.63, 3.8) is 0 Å². The van der Waals surface area contributed by atoms with Gasteiger partial charge in [-0.25, -0.2) is 0 Å². The highest BCUT2D eigenvalue weighted by molar-refractivity contribution is 6.87. The van der Waals surface area contributed by atoms with Crippen LogP contribution in [0.3, 0.4) is 0 Å². The van der Waals surface area contributed by atoms with E-state index < -0.39 is 8.07 Å². The van der Waals surface area contributed by atoms with Crippen molar-refractivity contribution in [1.29, 1.82) is 0 Å². The van der Waals surface area contributed by atoms with Crippen LogP contribution in [-0.4, -0.2) is 8.07 Å². The predicted octanol–water partition coefficient (Wildman–Crippen LogP) is 4.58. The second kappa shape index (κ2) is 4.27. The first-order chi connectivity index (χ1) is 8.18. The van der Waals surface area contributed by atoms with E-state index in [2.05, 4.69) is 64.7 Å². The van der Waals surface area contributed by atoms with Crippen molar-refractivity contribution in [2.45, 2.75) is 46.8 Å². The van der Waals surface area contributed by atoms with Crippen LogP contribution in [0.15, 0.2) is 34.3 Å². The Bertz CT molecular complexity index is 504. The molecule has 1 nitrogen and oxygen atoms in total. The van der Waals surface area contributed by atoms with Crippen molar-refractivity contribution in [2.24, 2.45) is 5.41 Å². The van der Waals surface area contributed by atoms with Gasteiger partial charge >= 0.3 is 0 Å². The first-order valence-corrected chi connectivity index (χ1v) is 10.2. The summed E-state index contributed by atoms with van der Waals surface area (Å²) in [5, 5.41) is 1.19. The molecule has 1 aromatic rings. The van der Waals surface area contributed by atoms with Crippen LogP contribution in [0.25, 0.3) is 5.57 Å². The van der Waals surface area contributed by atoms with E-state index in [0.717, 1.165) is 12.2 Å². The first kappa shape index (κ1) is 13.4. The highest BCUT2D eigenvalue weighted by Crippen LogP contribution is 2.36. The molecule has 0 amide bonds. The molecule has 18 heavy (non-hydrogen) atoms. The summed E-state index contributed by atoms with van der Waals surface area (Å²) in [6, 6.07) is 4.28. The number of allylic oxidation sites excluding steroid dienone is 4. The highest BCUT2D eigenvalue weighted by Gasteiger charge is 2.24. The maximum atomic E-state index is 6.04. The van der Waals surface area contributed by atoms with Gasteiger partial charge in [-0.15, -0.1) is 0 Å². The van der Waals surface area contributed by atoms with E-state index >= 15 is 0 Å². The minimum atomic E-state index is -1.33. The van der Waals surface area contributed by atoms with Gasteiger partial charge < -0.3 is 4.42 Å². The molecule has 0 atom stereocenters. The Morgan fingerprint density at radius 3 is 2.22 bits per heavy atom. The fourth-order valence-corrected chi connectivity index (χ4v) is 3.12. The molecular weight excluding hydrogens is 236 g/mol. The summed E-state index contributed by atoms with van der Waals surface area (Å²) in [5.74, 6) is 1.03. The van der Waals surface area contributed by atoms with Gasteiger partial charge in [0.2, 0.25) is 0 Å². The van der Waals surface area contributed by atoms with Gasteiger partial charge in [0.15, 0.2) is 0 Å². The van der Waals surface area contributed by atoms with Gasteiger partial charge in [0, 0.05) is 5.57 Å². The van der Waals surface area contributed by atoms with Crippen LogP contribution < -0.4 is 5.38 Å². The SMILES string of the molecule is CC(C)(C)C1=CC(c2ccc([Si](C)(C)C)o2)=CC1. The lowest BCUT2D eigenvalue weighted by atomic mass is 9.86. The van der Waals surface area contributed by atoms with Gasteiger partial charge in [-0.1, -0.05) is 58.1 Å². The Morgan fingerprint density at radius 2 is 1.78 bits per heavy atom. The van der Waals surface area contributed by atoms with Gasteiger partial charge in [-0.3, -0.25) is 0 Å². The van der Waals surface area contributed by atoms with Crippen LogP contribution in [0.5, 0.6) is 0 Å². The van der Waals surface area contributed by atoms with Crippen molar-refractivity contribution >= 4 is 19.0 Å². The largest absolute Gasteiger partial charge is 0.466 e. The molecular formula is C16H24OSi. The molecule has 0 spiro atoms. The van der Waals surface area contributed by atoms with E-state index in [1.54, 1.807) is 0 Å². The molecule has 1 aromatic heterocycles. The Balaban J connectivity index is 2.25. The van der Waals surface area contributed by atoms with Crippen LogP contribution in [0, 0.1) is 5.41 Å². The zero-order valence-electron chi connectivity index (χ0n) is 12.4. The van der Waals surface area contributed by atoms with Crippen LogP contribution in [0.2, 0.25) is 19.6 Å². The Labute approximate surface area is 112 Å². The normalized spacial score (nSPS) is 16.8. The number of rotatable bonds is 2. The van der Waals surface area contributed by atoms with Crippen LogP contribution in [0.1, 0.15) is 33.0 Å². The van der Waals surface area contributed by atoms with Gasteiger partial charge in [-0.2, -0.15) is 0 Å². The maximum Gasteiger partial charge on any atom is 0.133 e. The zero-order chi connectivity index (χ0) is 13.6. The molecule has 0 saturated carbocycles. The van der Waals surface area contributed by atoms with E-state index in [0.29, 0.717) is 0 Å². The van der Waals surface area contributed by atoms with Gasteiger partial charge in [0.25, 0.3) is 0 Å². The average Bonchev–Trinajstić information content (AvgIpc) is 2.84. The lowest BCUT2D eigenvalue weighted by Gasteiger charge is -2.19. The number of furan rings is 1. The average molecular weight is 260 g/mol. The molecule has 0 saturated heterocycles. The van der Waals surface area contributed by atoms with Crippen molar-refractivity contribution in [1.82, 2.24) is 0 Å². The van der Waals surface area contributed by atoms with Crippen molar-refractivity contribution in [3.8, 4) is 0 Å². The van der Waals surface area contributed by atoms with Crippen LogP contribution in [-0.2, 0) is 0 Å². The van der Waals surface area contributed by atoms with Crippen molar-refractivity contribution in [3.05, 3.63) is 35.6 Å². The molecule has 0 fully saturated rings. The van der Waals surface area contributed by atoms with Gasteiger partial charge in [-0.05, 0) is 24.0 Å². The summed E-state index contributed by atoms with van der Waals surface area (Å²) in [5.41, 5.74) is 3.00. The summed E-state index contributed by atoms with van der Waals surface area (Å²) in [6.45, 7) is 13.8. The van der Waals surface area contributed by atoms with E-state index in [1.807, 2.05) is 0 Å². The summed E-state index contributed by atoms with van der Waals surface area (Å²) < 4.78 is 6.04. The lowest BCUT2D eigenvalue weighted by molar-refractivity contribution is 0.496. The van der Waals surface area contributed by atoms with E-state index in [9.17, 15) is 0 Å². The molecule has 2 rings (SSSR count). The minimum absolute atomic E-state index is 0.256. The summed E-state index contributed by atoms with van der Waals surface area (Å²) in [7, 11) is -1.33. The molecule has 2 heteroatoms. The lowest BCUT2D eigenvalue weighted by Crippen LogP contribution is -2.36. The van der Waals surface area contributed by atoms with E-state index in [-0.39, 0.29) is 5.41 Å². The molecule has 1 aliphatic carbocycles. The molecule has 0 aromatic carbocycles. The molecule has 0 aliphatic heterocycles. The number of hydrogen-bond donors (Lipinski definition) is 0. The number of hydrogen-bond acceptors (Lipinski definition) is 1.